The van der Waals surface area contributed by atoms with E-state index in [9.17, 15) is 0 Å². The normalized spacial score (nSPS) is 12.5. The largest absolute Gasteiger partial charge is 0.382 e. The monoisotopic (exact) mass is 281 g/mol. The van der Waals surface area contributed by atoms with Crippen molar-refractivity contribution in [3.8, 4) is 0 Å². The van der Waals surface area contributed by atoms with Gasteiger partial charge in [-0.2, -0.15) is 0 Å². The quantitative estimate of drug-likeness (QED) is 0.750. The van der Waals surface area contributed by atoms with E-state index in [1.807, 2.05) is 37.3 Å². The molecule has 0 aliphatic heterocycles. The van der Waals surface area contributed by atoms with Crippen LogP contribution in [0.2, 0.25) is 0 Å². The van der Waals surface area contributed by atoms with Crippen molar-refractivity contribution in [1.82, 2.24) is 9.97 Å². The summed E-state index contributed by atoms with van der Waals surface area (Å²) in [7, 11) is 1.72. The molecule has 3 aromatic rings. The molecule has 0 saturated carbocycles. The lowest BCUT2D eigenvalue weighted by molar-refractivity contribution is 0.186. The van der Waals surface area contributed by atoms with Crippen LogP contribution in [0.5, 0.6) is 0 Å². The lowest BCUT2D eigenvalue weighted by Gasteiger charge is -2.19. The molecule has 0 spiro atoms. The van der Waals surface area contributed by atoms with Gasteiger partial charge >= 0.3 is 0 Å². The summed E-state index contributed by atoms with van der Waals surface area (Å²) in [6.45, 7) is 2.58. The molecule has 1 heterocycles. The molecule has 0 aliphatic rings. The highest BCUT2D eigenvalue weighted by molar-refractivity contribution is 5.79. The fourth-order valence-corrected chi connectivity index (χ4v) is 2.50. The molecule has 1 unspecified atom stereocenters. The number of ether oxygens (including phenoxy) is 1. The molecule has 1 atom stereocenters. The second kappa shape index (κ2) is 5.97. The van der Waals surface area contributed by atoms with Crippen molar-refractivity contribution in [2.75, 3.05) is 19.0 Å². The number of aryl methyl sites for hydroxylation is 1. The fraction of sp³-hybridized carbons (Fsp3) is 0.235. The highest BCUT2D eigenvalue weighted by Crippen LogP contribution is 2.23. The van der Waals surface area contributed by atoms with Crippen molar-refractivity contribution >= 4 is 16.7 Å². The molecule has 1 aromatic heterocycles. The number of imidazole rings is 1. The molecule has 0 aliphatic carbocycles. The first-order valence-electron chi connectivity index (χ1n) is 7.03. The molecule has 2 N–H and O–H groups in total. The second-order valence-electron chi connectivity index (χ2n) is 5.12. The van der Waals surface area contributed by atoms with Gasteiger partial charge in [-0.05, 0) is 30.7 Å². The number of aromatic amines is 1. The lowest BCUT2D eigenvalue weighted by Crippen LogP contribution is -2.16. The molecular formula is C17H19N3O. The van der Waals surface area contributed by atoms with Crippen molar-refractivity contribution in [3.05, 3.63) is 59.9 Å². The summed E-state index contributed by atoms with van der Waals surface area (Å²) < 4.78 is 5.34. The molecule has 2 aromatic carbocycles. The average molecular weight is 281 g/mol. The Labute approximate surface area is 124 Å². The van der Waals surface area contributed by atoms with Crippen molar-refractivity contribution in [3.63, 3.8) is 0 Å². The molecule has 4 nitrogen and oxygen atoms in total. The predicted molar refractivity (Wildman–Crippen MR) is 85.5 cm³/mol. The number of H-pyrrole nitrogens is 1. The van der Waals surface area contributed by atoms with E-state index in [1.165, 1.54) is 5.56 Å². The number of aromatic nitrogens is 2. The summed E-state index contributed by atoms with van der Waals surface area (Å²) in [5, 5.41) is 3.52. The Morgan fingerprint density at radius 1 is 1.19 bits per heavy atom. The van der Waals surface area contributed by atoms with Gasteiger partial charge in [0.25, 0.3) is 0 Å². The smallest absolute Gasteiger partial charge is 0.104 e. The Balaban J connectivity index is 1.86. The Morgan fingerprint density at radius 3 is 2.76 bits per heavy atom. The minimum absolute atomic E-state index is 0.123. The van der Waals surface area contributed by atoms with Gasteiger partial charge in [0.1, 0.15) is 5.82 Å². The third kappa shape index (κ3) is 3.06. The van der Waals surface area contributed by atoms with Gasteiger partial charge < -0.3 is 15.0 Å². The summed E-state index contributed by atoms with van der Waals surface area (Å²) in [4.78, 5) is 7.68. The molecule has 0 fully saturated rings. The van der Waals surface area contributed by atoms with E-state index in [0.29, 0.717) is 6.61 Å². The first kappa shape index (κ1) is 13.6. The predicted octanol–water partition coefficient (Wildman–Crippen LogP) is 3.67. The van der Waals surface area contributed by atoms with Crippen molar-refractivity contribution in [1.29, 1.82) is 0 Å². The number of methoxy groups -OCH3 is 1. The summed E-state index contributed by atoms with van der Waals surface area (Å²) in [6.07, 6.45) is 0. The number of nitrogens with zero attached hydrogens (tertiary/aromatic N) is 1. The number of hydrogen-bond donors (Lipinski definition) is 2. The second-order valence-corrected chi connectivity index (χ2v) is 5.12. The number of benzene rings is 2. The zero-order valence-electron chi connectivity index (χ0n) is 12.3. The molecule has 0 amide bonds. The zero-order chi connectivity index (χ0) is 14.7. The van der Waals surface area contributed by atoms with E-state index in [2.05, 4.69) is 33.5 Å². The van der Waals surface area contributed by atoms with Crippen LogP contribution in [0, 0.1) is 6.92 Å². The van der Waals surface area contributed by atoms with E-state index in [1.54, 1.807) is 7.11 Å². The van der Waals surface area contributed by atoms with E-state index in [0.717, 1.165) is 22.5 Å². The maximum absolute atomic E-state index is 5.34. The summed E-state index contributed by atoms with van der Waals surface area (Å²) in [5.74, 6) is 0.929. The van der Waals surface area contributed by atoms with Gasteiger partial charge in [0.2, 0.25) is 0 Å². The molecule has 0 saturated heterocycles. The molecule has 0 bridgehead atoms. The van der Waals surface area contributed by atoms with Crippen molar-refractivity contribution in [2.45, 2.75) is 13.0 Å². The number of rotatable bonds is 5. The van der Waals surface area contributed by atoms with Gasteiger partial charge in [-0.15, -0.1) is 0 Å². The number of anilines is 1. The number of hydrogen-bond acceptors (Lipinski definition) is 3. The van der Waals surface area contributed by atoms with Gasteiger partial charge in [-0.3, -0.25) is 0 Å². The van der Waals surface area contributed by atoms with Crippen LogP contribution < -0.4 is 5.32 Å². The van der Waals surface area contributed by atoms with Gasteiger partial charge in [-0.1, -0.05) is 30.3 Å². The summed E-state index contributed by atoms with van der Waals surface area (Å²) >= 11 is 0. The lowest BCUT2D eigenvalue weighted by atomic mass is 10.1. The third-order valence-corrected chi connectivity index (χ3v) is 3.48. The molecule has 3 rings (SSSR count). The maximum atomic E-state index is 5.34. The van der Waals surface area contributed by atoms with Gasteiger partial charge in [0.15, 0.2) is 0 Å². The Hall–Kier alpha value is -2.33. The van der Waals surface area contributed by atoms with Crippen LogP contribution in [0.25, 0.3) is 11.0 Å². The van der Waals surface area contributed by atoms with Crippen molar-refractivity contribution < 1.29 is 4.74 Å². The molecule has 4 heteroatoms. The molecule has 21 heavy (non-hydrogen) atoms. The highest BCUT2D eigenvalue weighted by atomic mass is 16.5. The Morgan fingerprint density at radius 2 is 2.00 bits per heavy atom. The maximum Gasteiger partial charge on any atom is 0.104 e. The topological polar surface area (TPSA) is 49.9 Å². The van der Waals surface area contributed by atoms with Crippen LogP contribution in [0.4, 0.5) is 5.69 Å². The van der Waals surface area contributed by atoms with Crippen LogP contribution in [0.3, 0.4) is 0 Å². The van der Waals surface area contributed by atoms with E-state index < -0.39 is 0 Å². The fourth-order valence-electron chi connectivity index (χ4n) is 2.50. The molecule has 108 valence electrons. The van der Waals surface area contributed by atoms with Crippen LogP contribution in [0.1, 0.15) is 17.4 Å². The van der Waals surface area contributed by atoms with E-state index in [-0.39, 0.29) is 6.04 Å². The van der Waals surface area contributed by atoms with Gasteiger partial charge in [0.05, 0.1) is 23.7 Å². The summed E-state index contributed by atoms with van der Waals surface area (Å²) in [6, 6.07) is 16.6. The summed E-state index contributed by atoms with van der Waals surface area (Å²) in [5.41, 5.74) is 4.29. The van der Waals surface area contributed by atoms with Crippen LogP contribution >= 0.6 is 0 Å². The Bertz CT molecular complexity index is 721. The van der Waals surface area contributed by atoms with E-state index in [4.69, 9.17) is 4.74 Å². The van der Waals surface area contributed by atoms with E-state index >= 15 is 0 Å². The minimum Gasteiger partial charge on any atom is -0.382 e. The zero-order valence-corrected chi connectivity index (χ0v) is 12.3. The van der Waals surface area contributed by atoms with Gasteiger partial charge in [-0.25, -0.2) is 4.98 Å². The van der Waals surface area contributed by atoms with Crippen molar-refractivity contribution in [2.24, 2.45) is 0 Å². The SMILES string of the molecule is COCC(Nc1ccc2nc(C)[nH]c2c1)c1ccccc1. The van der Waals surface area contributed by atoms with Crippen LogP contribution in [0.15, 0.2) is 48.5 Å². The minimum atomic E-state index is 0.123. The first-order valence-corrected chi connectivity index (χ1v) is 7.03. The molecule has 0 radical (unpaired) electrons. The van der Waals surface area contributed by atoms with Crippen LogP contribution in [-0.4, -0.2) is 23.7 Å². The standard InChI is InChI=1S/C17H19N3O/c1-12-18-15-9-8-14(10-16(15)19-12)20-17(11-21-2)13-6-4-3-5-7-13/h3-10,17,20H,11H2,1-2H3,(H,18,19). The number of fused-ring (bicyclic) bond motifs is 1. The first-order chi connectivity index (χ1) is 10.3. The average Bonchev–Trinajstić information content (AvgIpc) is 2.87. The molecular weight excluding hydrogens is 262 g/mol. The van der Waals surface area contributed by atoms with Gasteiger partial charge in [0, 0.05) is 12.8 Å². The van der Waals surface area contributed by atoms with Crippen LogP contribution in [-0.2, 0) is 4.74 Å². The third-order valence-electron chi connectivity index (χ3n) is 3.48. The number of nitrogens with one attached hydrogen (secondary N) is 2. The Kier molecular flexibility index (Phi) is 3.88. The highest BCUT2D eigenvalue weighted by Gasteiger charge is 2.11.